The molecule has 1 heterocycles. The highest BCUT2D eigenvalue weighted by Crippen LogP contribution is 2.41. The summed E-state index contributed by atoms with van der Waals surface area (Å²) >= 11 is 0. The van der Waals surface area contributed by atoms with Gasteiger partial charge >= 0.3 is 0 Å². The molecule has 0 aliphatic carbocycles. The van der Waals surface area contributed by atoms with E-state index in [1.165, 1.54) is 4.90 Å². The number of hydrogen-bond acceptors (Lipinski definition) is 4. The molecular weight excluding hydrogens is 438 g/mol. The third kappa shape index (κ3) is 4.17. The number of rotatable bonds is 5. The van der Waals surface area contributed by atoms with Gasteiger partial charge in [-0.2, -0.15) is 0 Å². The van der Waals surface area contributed by atoms with Crippen molar-refractivity contribution in [1.82, 2.24) is 4.90 Å². The third-order valence-electron chi connectivity index (χ3n) is 6.41. The summed E-state index contributed by atoms with van der Waals surface area (Å²) < 4.78 is 5.33. The molecule has 1 aliphatic rings. The summed E-state index contributed by atoms with van der Waals surface area (Å²) in [7, 11) is 1.58. The molecule has 1 amide bonds. The lowest BCUT2D eigenvalue weighted by molar-refractivity contribution is -0.140. The Labute approximate surface area is 203 Å². The molecule has 0 spiro atoms. The van der Waals surface area contributed by atoms with Gasteiger partial charge in [-0.15, -0.1) is 0 Å². The Morgan fingerprint density at radius 2 is 1.66 bits per heavy atom. The highest BCUT2D eigenvalue weighted by molar-refractivity contribution is 6.46. The molecule has 1 saturated heterocycles. The van der Waals surface area contributed by atoms with Crippen molar-refractivity contribution in [2.45, 2.75) is 19.5 Å². The second-order valence-corrected chi connectivity index (χ2v) is 8.75. The Kier molecular flexibility index (Phi) is 5.83. The number of fused-ring (bicyclic) bond motifs is 1. The lowest BCUT2D eigenvalue weighted by Gasteiger charge is -2.26. The molecule has 1 atom stereocenters. The topological polar surface area (TPSA) is 66.8 Å². The number of likely N-dealkylation sites (tertiary alicyclic amines) is 1. The lowest BCUT2D eigenvalue weighted by Crippen LogP contribution is -2.29. The van der Waals surface area contributed by atoms with Crippen molar-refractivity contribution in [2.24, 2.45) is 0 Å². The number of ketones is 1. The quantitative estimate of drug-likeness (QED) is 0.232. The number of methoxy groups -OCH3 is 1. The van der Waals surface area contributed by atoms with E-state index in [4.69, 9.17) is 4.74 Å². The Balaban J connectivity index is 1.65. The molecule has 0 radical (unpaired) electrons. The molecule has 1 fully saturated rings. The van der Waals surface area contributed by atoms with Crippen molar-refractivity contribution in [3.05, 3.63) is 119 Å². The summed E-state index contributed by atoms with van der Waals surface area (Å²) in [5.41, 5.74) is 3.20. The lowest BCUT2D eigenvalue weighted by atomic mass is 9.93. The van der Waals surface area contributed by atoms with E-state index >= 15 is 0 Å². The summed E-state index contributed by atoms with van der Waals surface area (Å²) in [6, 6.07) is 27.7. The summed E-state index contributed by atoms with van der Waals surface area (Å²) in [6.45, 7) is 2.16. The van der Waals surface area contributed by atoms with Gasteiger partial charge in [0.2, 0.25) is 0 Å². The van der Waals surface area contributed by atoms with Gasteiger partial charge in [0.1, 0.15) is 11.5 Å². The standard InChI is InChI=1S/C30H25NO4/c1-19-7-5-11-23(15-19)27-26(28(32)24-14-13-21-9-3-4-10-22(21)17-24)29(33)30(34)31(27)18-20-8-6-12-25(16-20)35-2/h3-17,27,32H,18H2,1-2H3/b28-26-. The fourth-order valence-corrected chi connectivity index (χ4v) is 4.69. The molecule has 35 heavy (non-hydrogen) atoms. The van der Waals surface area contributed by atoms with Gasteiger partial charge in [0, 0.05) is 12.1 Å². The summed E-state index contributed by atoms with van der Waals surface area (Å²) in [5, 5.41) is 13.4. The van der Waals surface area contributed by atoms with Crippen LogP contribution >= 0.6 is 0 Å². The number of nitrogens with zero attached hydrogens (tertiary/aromatic N) is 1. The van der Waals surface area contributed by atoms with Crippen molar-refractivity contribution in [3.63, 3.8) is 0 Å². The van der Waals surface area contributed by atoms with Gasteiger partial charge in [-0.25, -0.2) is 0 Å². The molecular formula is C30H25NO4. The van der Waals surface area contributed by atoms with Gasteiger partial charge in [0.25, 0.3) is 11.7 Å². The van der Waals surface area contributed by atoms with Crippen LogP contribution in [0.2, 0.25) is 0 Å². The van der Waals surface area contributed by atoms with E-state index < -0.39 is 17.7 Å². The van der Waals surface area contributed by atoms with Crippen LogP contribution in [0.1, 0.15) is 28.3 Å². The van der Waals surface area contributed by atoms with Gasteiger partial charge in [0.05, 0.1) is 18.7 Å². The van der Waals surface area contributed by atoms with E-state index in [0.717, 1.165) is 27.5 Å². The summed E-state index contributed by atoms with van der Waals surface area (Å²) in [6.07, 6.45) is 0. The summed E-state index contributed by atoms with van der Waals surface area (Å²) in [4.78, 5) is 28.2. The van der Waals surface area contributed by atoms with Crippen LogP contribution in [-0.2, 0) is 16.1 Å². The third-order valence-corrected chi connectivity index (χ3v) is 6.41. The Morgan fingerprint density at radius 1 is 0.886 bits per heavy atom. The van der Waals surface area contributed by atoms with E-state index in [1.54, 1.807) is 13.2 Å². The first-order valence-electron chi connectivity index (χ1n) is 11.4. The van der Waals surface area contributed by atoms with Gasteiger partial charge in [-0.3, -0.25) is 9.59 Å². The van der Waals surface area contributed by atoms with E-state index in [0.29, 0.717) is 11.3 Å². The molecule has 1 N–H and O–H groups in total. The zero-order valence-corrected chi connectivity index (χ0v) is 19.6. The minimum Gasteiger partial charge on any atom is -0.507 e. The second kappa shape index (κ2) is 9.11. The first kappa shape index (κ1) is 22.4. The number of hydrogen-bond donors (Lipinski definition) is 1. The van der Waals surface area contributed by atoms with E-state index in [2.05, 4.69) is 0 Å². The first-order chi connectivity index (χ1) is 17.0. The Morgan fingerprint density at radius 3 is 2.43 bits per heavy atom. The molecule has 0 aromatic heterocycles. The van der Waals surface area contributed by atoms with Crippen molar-refractivity contribution in [2.75, 3.05) is 7.11 Å². The zero-order chi connectivity index (χ0) is 24.5. The fraction of sp³-hybridized carbons (Fsp3) is 0.133. The van der Waals surface area contributed by atoms with Crippen molar-refractivity contribution >= 4 is 28.2 Å². The monoisotopic (exact) mass is 463 g/mol. The number of carbonyl (C=O) groups excluding carboxylic acids is 2. The van der Waals surface area contributed by atoms with Crippen molar-refractivity contribution in [1.29, 1.82) is 0 Å². The maximum Gasteiger partial charge on any atom is 0.295 e. The van der Waals surface area contributed by atoms with Crippen LogP contribution in [0.4, 0.5) is 0 Å². The predicted octanol–water partition coefficient (Wildman–Crippen LogP) is 5.78. The number of carbonyl (C=O) groups is 2. The number of Topliss-reactive ketones (excluding diaryl/α,β-unsaturated/α-hetero) is 1. The number of ether oxygens (including phenoxy) is 1. The smallest absolute Gasteiger partial charge is 0.295 e. The van der Waals surface area contributed by atoms with E-state index in [9.17, 15) is 14.7 Å². The molecule has 5 heteroatoms. The zero-order valence-electron chi connectivity index (χ0n) is 19.6. The fourth-order valence-electron chi connectivity index (χ4n) is 4.69. The number of benzene rings is 4. The number of amides is 1. The molecule has 0 saturated carbocycles. The molecule has 174 valence electrons. The molecule has 1 unspecified atom stereocenters. The number of aryl methyl sites for hydroxylation is 1. The molecule has 4 aromatic rings. The minimum atomic E-state index is -0.715. The highest BCUT2D eigenvalue weighted by atomic mass is 16.5. The van der Waals surface area contributed by atoms with E-state index in [1.807, 2.05) is 91.9 Å². The van der Waals surface area contributed by atoms with Crippen LogP contribution in [0.25, 0.3) is 16.5 Å². The van der Waals surface area contributed by atoms with Crippen LogP contribution in [0.15, 0.2) is 96.6 Å². The maximum atomic E-state index is 13.3. The number of aliphatic hydroxyl groups excluding tert-OH is 1. The van der Waals surface area contributed by atoms with Crippen LogP contribution in [-0.4, -0.2) is 28.8 Å². The summed E-state index contributed by atoms with van der Waals surface area (Å²) in [5.74, 6) is -0.831. The van der Waals surface area contributed by atoms with Gasteiger partial charge < -0.3 is 14.7 Å². The molecule has 5 rings (SSSR count). The van der Waals surface area contributed by atoms with Crippen molar-refractivity contribution in [3.8, 4) is 5.75 Å². The molecule has 4 aromatic carbocycles. The first-order valence-corrected chi connectivity index (χ1v) is 11.4. The Bertz CT molecular complexity index is 1490. The molecule has 0 bridgehead atoms. The van der Waals surface area contributed by atoms with Gasteiger partial charge in [0.15, 0.2) is 0 Å². The van der Waals surface area contributed by atoms with Crippen LogP contribution in [0.3, 0.4) is 0 Å². The molecule has 1 aliphatic heterocycles. The highest BCUT2D eigenvalue weighted by Gasteiger charge is 2.46. The van der Waals surface area contributed by atoms with Crippen LogP contribution in [0, 0.1) is 6.92 Å². The van der Waals surface area contributed by atoms with Crippen LogP contribution < -0.4 is 4.74 Å². The minimum absolute atomic E-state index is 0.0961. The van der Waals surface area contributed by atoms with Gasteiger partial charge in [-0.1, -0.05) is 78.4 Å². The normalized spacial score (nSPS) is 17.2. The second-order valence-electron chi connectivity index (χ2n) is 8.75. The average molecular weight is 464 g/mol. The molecule has 5 nitrogen and oxygen atoms in total. The maximum absolute atomic E-state index is 13.3. The average Bonchev–Trinajstić information content (AvgIpc) is 3.13. The largest absolute Gasteiger partial charge is 0.507 e. The van der Waals surface area contributed by atoms with E-state index in [-0.39, 0.29) is 17.9 Å². The van der Waals surface area contributed by atoms with Gasteiger partial charge in [-0.05, 0) is 47.0 Å². The SMILES string of the molecule is COc1cccc(CN2C(=O)C(=O)/C(=C(\O)c3ccc4ccccc4c3)C2c2cccc(C)c2)c1. The van der Waals surface area contributed by atoms with Crippen molar-refractivity contribution < 1.29 is 19.4 Å². The predicted molar refractivity (Wildman–Crippen MR) is 136 cm³/mol. The number of aliphatic hydroxyl groups is 1. The van der Waals surface area contributed by atoms with Crippen LogP contribution in [0.5, 0.6) is 5.75 Å². The Hall–Kier alpha value is -4.38.